The molecule has 0 unspecified atom stereocenters. The normalized spacial score (nSPS) is 10.6. The van der Waals surface area contributed by atoms with Gasteiger partial charge in [-0.05, 0) is 12.1 Å². The predicted octanol–water partition coefficient (Wildman–Crippen LogP) is 3.05. The maximum Gasteiger partial charge on any atom is 0.255 e. The lowest BCUT2D eigenvalue weighted by molar-refractivity contribution is 0.355. The van der Waals surface area contributed by atoms with Crippen molar-refractivity contribution >= 4 is 22.5 Å². The van der Waals surface area contributed by atoms with E-state index in [1.54, 1.807) is 30.9 Å². The van der Waals surface area contributed by atoms with Crippen LogP contribution in [-0.4, -0.2) is 25.3 Å². The van der Waals surface area contributed by atoms with Gasteiger partial charge in [-0.25, -0.2) is 0 Å². The molecule has 0 spiro atoms. The first-order chi connectivity index (χ1) is 11.5. The van der Waals surface area contributed by atoms with Crippen molar-refractivity contribution in [3.63, 3.8) is 0 Å². The van der Waals surface area contributed by atoms with Crippen LogP contribution in [0.25, 0.3) is 10.9 Å². The Labute approximate surface area is 146 Å². The fourth-order valence-corrected chi connectivity index (χ4v) is 2.65. The molecule has 1 aromatic heterocycles. The molecule has 1 N–H and O–H groups in total. The van der Waals surface area contributed by atoms with Crippen LogP contribution in [0.1, 0.15) is 5.56 Å². The van der Waals surface area contributed by atoms with Crippen LogP contribution in [0.2, 0.25) is 0 Å². The number of fused-ring (bicyclic) bond motifs is 1. The van der Waals surface area contributed by atoms with E-state index in [0.29, 0.717) is 40.7 Å². The standard InChI is InChI=1S/C18H21ClN2O3/c1-5-6-20-10-14-7-13-8-16(23-3)17(24-4)9-15(13)21(18(14)22)11-12(2)19/h5,7-9,20H,1-2,6,10-11H2,3-4H3. The molecule has 2 aromatic rings. The van der Waals surface area contributed by atoms with Gasteiger partial charge in [-0.2, -0.15) is 0 Å². The summed E-state index contributed by atoms with van der Waals surface area (Å²) >= 11 is 5.96. The zero-order chi connectivity index (χ0) is 17.7. The zero-order valence-electron chi connectivity index (χ0n) is 13.9. The highest BCUT2D eigenvalue weighted by Crippen LogP contribution is 2.32. The number of nitrogens with zero attached hydrogens (tertiary/aromatic N) is 1. The van der Waals surface area contributed by atoms with Gasteiger partial charge in [0.05, 0.1) is 26.3 Å². The number of hydrogen-bond acceptors (Lipinski definition) is 4. The molecule has 0 saturated carbocycles. The summed E-state index contributed by atoms with van der Waals surface area (Å²) in [7, 11) is 3.13. The summed E-state index contributed by atoms with van der Waals surface area (Å²) in [5.74, 6) is 1.15. The molecule has 6 heteroatoms. The Morgan fingerprint density at radius 2 is 1.96 bits per heavy atom. The molecule has 0 radical (unpaired) electrons. The van der Waals surface area contributed by atoms with E-state index < -0.39 is 0 Å². The Morgan fingerprint density at radius 1 is 1.29 bits per heavy atom. The van der Waals surface area contributed by atoms with E-state index in [-0.39, 0.29) is 12.1 Å². The Morgan fingerprint density at radius 3 is 2.54 bits per heavy atom. The molecule has 0 aliphatic heterocycles. The first-order valence-corrected chi connectivity index (χ1v) is 7.83. The van der Waals surface area contributed by atoms with Crippen LogP contribution in [-0.2, 0) is 13.1 Å². The minimum Gasteiger partial charge on any atom is -0.493 e. The molecule has 128 valence electrons. The average Bonchev–Trinajstić information content (AvgIpc) is 2.57. The number of methoxy groups -OCH3 is 2. The summed E-state index contributed by atoms with van der Waals surface area (Å²) in [6.45, 7) is 8.63. The van der Waals surface area contributed by atoms with E-state index in [4.69, 9.17) is 21.1 Å². The lowest BCUT2D eigenvalue weighted by Gasteiger charge is -2.15. The lowest BCUT2D eigenvalue weighted by atomic mass is 10.1. The van der Waals surface area contributed by atoms with E-state index >= 15 is 0 Å². The van der Waals surface area contributed by atoms with Gasteiger partial charge in [-0.3, -0.25) is 4.79 Å². The molecule has 0 aliphatic rings. The number of ether oxygens (including phenoxy) is 2. The highest BCUT2D eigenvalue weighted by molar-refractivity contribution is 6.29. The molecular weight excluding hydrogens is 328 g/mol. The highest BCUT2D eigenvalue weighted by atomic mass is 35.5. The molecule has 24 heavy (non-hydrogen) atoms. The first-order valence-electron chi connectivity index (χ1n) is 7.45. The lowest BCUT2D eigenvalue weighted by Crippen LogP contribution is -2.28. The molecule has 2 rings (SSSR count). The molecule has 1 heterocycles. The number of rotatable bonds is 8. The van der Waals surface area contributed by atoms with E-state index in [0.717, 1.165) is 5.39 Å². The molecule has 0 fully saturated rings. The van der Waals surface area contributed by atoms with Crippen molar-refractivity contribution in [2.75, 3.05) is 20.8 Å². The first kappa shape index (κ1) is 18.1. The van der Waals surface area contributed by atoms with E-state index in [2.05, 4.69) is 18.5 Å². The summed E-state index contributed by atoms with van der Waals surface area (Å²) < 4.78 is 12.3. The van der Waals surface area contributed by atoms with Crippen molar-refractivity contribution in [3.8, 4) is 11.5 Å². The highest BCUT2D eigenvalue weighted by Gasteiger charge is 2.14. The smallest absolute Gasteiger partial charge is 0.255 e. The fourth-order valence-electron chi connectivity index (χ4n) is 2.53. The second-order valence-corrected chi connectivity index (χ2v) is 5.80. The summed E-state index contributed by atoms with van der Waals surface area (Å²) in [4.78, 5) is 12.8. The summed E-state index contributed by atoms with van der Waals surface area (Å²) in [6.07, 6.45) is 1.74. The van der Waals surface area contributed by atoms with Gasteiger partial charge >= 0.3 is 0 Å². The second-order valence-electron chi connectivity index (χ2n) is 5.26. The van der Waals surface area contributed by atoms with Gasteiger partial charge in [0.2, 0.25) is 0 Å². The van der Waals surface area contributed by atoms with Gasteiger partial charge in [0.1, 0.15) is 0 Å². The van der Waals surface area contributed by atoms with Gasteiger partial charge < -0.3 is 19.4 Å². The van der Waals surface area contributed by atoms with Crippen molar-refractivity contribution in [2.45, 2.75) is 13.1 Å². The Hall–Kier alpha value is -2.24. The van der Waals surface area contributed by atoms with Gasteiger partial charge in [0, 0.05) is 35.1 Å². The number of benzene rings is 1. The quantitative estimate of drug-likeness (QED) is 0.588. The van der Waals surface area contributed by atoms with Crippen LogP contribution in [0.3, 0.4) is 0 Å². The summed E-state index contributed by atoms with van der Waals surface area (Å²) in [5.41, 5.74) is 1.23. The number of allylic oxidation sites excluding steroid dienone is 1. The Kier molecular flexibility index (Phi) is 6.06. The van der Waals surface area contributed by atoms with Crippen LogP contribution >= 0.6 is 11.6 Å². The number of nitrogens with one attached hydrogen (secondary N) is 1. The third kappa shape index (κ3) is 3.80. The van der Waals surface area contributed by atoms with Crippen LogP contribution in [0.15, 0.2) is 47.3 Å². The Bertz CT molecular complexity index is 827. The van der Waals surface area contributed by atoms with Crippen LogP contribution in [0, 0.1) is 0 Å². The van der Waals surface area contributed by atoms with Crippen molar-refractivity contribution < 1.29 is 9.47 Å². The predicted molar refractivity (Wildman–Crippen MR) is 98.2 cm³/mol. The van der Waals surface area contributed by atoms with Crippen molar-refractivity contribution in [1.29, 1.82) is 0 Å². The number of pyridine rings is 1. The summed E-state index contributed by atoms with van der Waals surface area (Å²) in [6, 6.07) is 5.47. The molecule has 1 aromatic carbocycles. The average molecular weight is 349 g/mol. The number of hydrogen-bond donors (Lipinski definition) is 1. The molecule has 0 aliphatic carbocycles. The minimum atomic E-state index is -0.118. The van der Waals surface area contributed by atoms with Crippen molar-refractivity contribution in [2.24, 2.45) is 0 Å². The van der Waals surface area contributed by atoms with Crippen LogP contribution < -0.4 is 20.3 Å². The SMILES string of the molecule is C=CCNCc1cc2cc(OC)c(OC)cc2n(CC(=C)Cl)c1=O. The third-order valence-corrected chi connectivity index (χ3v) is 3.73. The number of aromatic nitrogens is 1. The van der Waals surface area contributed by atoms with Crippen LogP contribution in [0.5, 0.6) is 11.5 Å². The van der Waals surface area contributed by atoms with E-state index in [9.17, 15) is 4.79 Å². The van der Waals surface area contributed by atoms with Gasteiger partial charge in [-0.1, -0.05) is 24.3 Å². The summed E-state index contributed by atoms with van der Waals surface area (Å²) in [5, 5.41) is 4.39. The minimum absolute atomic E-state index is 0.118. The van der Waals surface area contributed by atoms with Gasteiger partial charge in [-0.15, -0.1) is 6.58 Å². The zero-order valence-corrected chi connectivity index (χ0v) is 14.7. The van der Waals surface area contributed by atoms with E-state index in [1.165, 1.54) is 0 Å². The second kappa shape index (κ2) is 8.04. The van der Waals surface area contributed by atoms with E-state index in [1.807, 2.05) is 12.1 Å². The molecular formula is C18H21ClN2O3. The van der Waals surface area contributed by atoms with Gasteiger partial charge in [0.25, 0.3) is 5.56 Å². The largest absolute Gasteiger partial charge is 0.493 e. The molecule has 0 bridgehead atoms. The Balaban J connectivity index is 2.68. The maximum absolute atomic E-state index is 12.8. The third-order valence-electron chi connectivity index (χ3n) is 3.61. The maximum atomic E-state index is 12.8. The van der Waals surface area contributed by atoms with Crippen LogP contribution in [0.4, 0.5) is 0 Å². The van der Waals surface area contributed by atoms with Gasteiger partial charge in [0.15, 0.2) is 11.5 Å². The van der Waals surface area contributed by atoms with Crippen molar-refractivity contribution in [3.05, 3.63) is 58.4 Å². The topological polar surface area (TPSA) is 52.5 Å². The number of halogens is 1. The van der Waals surface area contributed by atoms with Crippen molar-refractivity contribution in [1.82, 2.24) is 9.88 Å². The molecule has 0 atom stereocenters. The fraction of sp³-hybridized carbons (Fsp3) is 0.278. The molecule has 5 nitrogen and oxygen atoms in total. The molecule has 0 saturated heterocycles. The molecule has 0 amide bonds. The monoisotopic (exact) mass is 348 g/mol.